The maximum atomic E-state index is 9.42. The first-order valence-electron chi connectivity index (χ1n) is 4.99. The highest BCUT2D eigenvalue weighted by atomic mass is 16.3. The van der Waals surface area contributed by atoms with Crippen molar-refractivity contribution in [2.45, 2.75) is 32.3 Å². The first kappa shape index (κ1) is 10.5. The fourth-order valence-corrected chi connectivity index (χ4v) is 1.92. The molecule has 3 nitrogen and oxygen atoms in total. The van der Waals surface area contributed by atoms with Crippen molar-refractivity contribution in [3.05, 3.63) is 0 Å². The molecule has 1 unspecified atom stereocenters. The Morgan fingerprint density at radius 2 is 2.46 bits per heavy atom. The SMILES string of the molecule is CC1CCCN(C[C@H](O)CC#N)C1. The van der Waals surface area contributed by atoms with Crippen molar-refractivity contribution >= 4 is 0 Å². The van der Waals surface area contributed by atoms with Gasteiger partial charge in [0.15, 0.2) is 0 Å². The molecule has 2 atom stereocenters. The number of rotatable bonds is 3. The van der Waals surface area contributed by atoms with E-state index in [9.17, 15) is 5.11 Å². The average molecular weight is 182 g/mol. The molecule has 0 radical (unpaired) electrons. The first-order valence-corrected chi connectivity index (χ1v) is 4.99. The van der Waals surface area contributed by atoms with Gasteiger partial charge in [-0.1, -0.05) is 6.92 Å². The summed E-state index contributed by atoms with van der Waals surface area (Å²) in [4.78, 5) is 2.26. The van der Waals surface area contributed by atoms with Gasteiger partial charge in [0.05, 0.1) is 18.6 Å². The second kappa shape index (κ2) is 5.21. The number of hydrogen-bond donors (Lipinski definition) is 1. The lowest BCUT2D eigenvalue weighted by atomic mass is 10.00. The van der Waals surface area contributed by atoms with Gasteiger partial charge in [-0.05, 0) is 25.3 Å². The van der Waals surface area contributed by atoms with E-state index in [-0.39, 0.29) is 6.42 Å². The molecular formula is C10H18N2O. The standard InChI is InChI=1S/C10H18N2O/c1-9-3-2-6-12(7-9)8-10(13)4-5-11/h9-10,13H,2-4,6-8H2,1H3/t9?,10-/m1/s1. The minimum absolute atomic E-state index is 0.255. The van der Waals surface area contributed by atoms with Crippen LogP contribution in [0.5, 0.6) is 0 Å². The number of β-amino-alcohol motifs (C(OH)–C–C–N with tert-alkyl or cyclic N) is 1. The van der Waals surface area contributed by atoms with E-state index >= 15 is 0 Å². The Balaban J connectivity index is 2.24. The molecule has 3 heteroatoms. The Kier molecular flexibility index (Phi) is 4.20. The number of nitrogens with zero attached hydrogens (tertiary/aromatic N) is 2. The van der Waals surface area contributed by atoms with Crippen molar-refractivity contribution in [3.63, 3.8) is 0 Å². The Bertz CT molecular complexity index is 188. The molecule has 0 aromatic rings. The normalized spacial score (nSPS) is 26.7. The molecule has 0 aliphatic carbocycles. The number of hydrogen-bond acceptors (Lipinski definition) is 3. The van der Waals surface area contributed by atoms with Crippen molar-refractivity contribution in [1.82, 2.24) is 4.90 Å². The van der Waals surface area contributed by atoms with Crippen LogP contribution in [0.1, 0.15) is 26.2 Å². The van der Waals surface area contributed by atoms with E-state index in [0.717, 1.165) is 19.0 Å². The first-order chi connectivity index (χ1) is 6.22. The minimum atomic E-state index is -0.463. The Morgan fingerprint density at radius 3 is 3.08 bits per heavy atom. The molecule has 0 saturated carbocycles. The highest BCUT2D eigenvalue weighted by Gasteiger charge is 2.18. The Labute approximate surface area is 80.0 Å². The quantitative estimate of drug-likeness (QED) is 0.708. The predicted octanol–water partition coefficient (Wildman–Crippen LogP) is 0.993. The fourth-order valence-electron chi connectivity index (χ4n) is 1.92. The molecule has 1 aliphatic rings. The fraction of sp³-hybridized carbons (Fsp3) is 0.900. The van der Waals surface area contributed by atoms with Crippen molar-refractivity contribution in [3.8, 4) is 6.07 Å². The van der Waals surface area contributed by atoms with E-state index in [0.29, 0.717) is 6.54 Å². The molecule has 0 aromatic heterocycles. The summed E-state index contributed by atoms with van der Waals surface area (Å²) in [6.07, 6.45) is 2.31. The summed E-state index contributed by atoms with van der Waals surface area (Å²) in [6, 6.07) is 1.99. The predicted molar refractivity (Wildman–Crippen MR) is 51.1 cm³/mol. The molecule has 13 heavy (non-hydrogen) atoms. The molecule has 1 saturated heterocycles. The third-order valence-electron chi connectivity index (χ3n) is 2.54. The maximum absolute atomic E-state index is 9.42. The largest absolute Gasteiger partial charge is 0.391 e. The zero-order chi connectivity index (χ0) is 9.68. The Morgan fingerprint density at radius 1 is 1.69 bits per heavy atom. The van der Waals surface area contributed by atoms with Gasteiger partial charge in [-0.15, -0.1) is 0 Å². The molecule has 1 N–H and O–H groups in total. The second-order valence-electron chi connectivity index (χ2n) is 4.02. The van der Waals surface area contributed by atoms with Gasteiger partial charge in [0.25, 0.3) is 0 Å². The monoisotopic (exact) mass is 182 g/mol. The van der Waals surface area contributed by atoms with Crippen LogP contribution in [0, 0.1) is 17.2 Å². The van der Waals surface area contributed by atoms with Gasteiger partial charge in [-0.2, -0.15) is 5.26 Å². The molecular weight excluding hydrogens is 164 g/mol. The van der Waals surface area contributed by atoms with Crippen LogP contribution in [0.4, 0.5) is 0 Å². The highest BCUT2D eigenvalue weighted by Crippen LogP contribution is 2.15. The van der Waals surface area contributed by atoms with Crippen LogP contribution in [0.3, 0.4) is 0 Å². The molecule has 1 aliphatic heterocycles. The molecule has 1 heterocycles. The summed E-state index contributed by atoms with van der Waals surface area (Å²) in [5, 5.41) is 17.8. The number of aliphatic hydroxyl groups excluding tert-OH is 1. The van der Waals surface area contributed by atoms with Crippen LogP contribution in [0.25, 0.3) is 0 Å². The molecule has 0 aromatic carbocycles. The molecule has 0 spiro atoms. The highest BCUT2D eigenvalue weighted by molar-refractivity contribution is 4.79. The summed E-state index contributed by atoms with van der Waals surface area (Å²) in [5.74, 6) is 0.739. The van der Waals surface area contributed by atoms with E-state index in [1.165, 1.54) is 12.8 Å². The van der Waals surface area contributed by atoms with Crippen LogP contribution in [-0.2, 0) is 0 Å². The van der Waals surface area contributed by atoms with E-state index in [2.05, 4.69) is 11.8 Å². The van der Waals surface area contributed by atoms with Crippen molar-refractivity contribution < 1.29 is 5.11 Å². The second-order valence-corrected chi connectivity index (χ2v) is 4.02. The average Bonchev–Trinajstić information content (AvgIpc) is 2.04. The van der Waals surface area contributed by atoms with Gasteiger partial charge < -0.3 is 10.0 Å². The number of nitriles is 1. The molecule has 0 bridgehead atoms. The number of aliphatic hydroxyl groups is 1. The molecule has 1 rings (SSSR count). The van der Waals surface area contributed by atoms with E-state index in [1.807, 2.05) is 6.07 Å². The summed E-state index contributed by atoms with van der Waals surface area (Å²) < 4.78 is 0. The zero-order valence-electron chi connectivity index (χ0n) is 8.24. The van der Waals surface area contributed by atoms with Gasteiger partial charge >= 0.3 is 0 Å². The number of likely N-dealkylation sites (tertiary alicyclic amines) is 1. The van der Waals surface area contributed by atoms with Crippen LogP contribution in [0.2, 0.25) is 0 Å². The molecule has 74 valence electrons. The number of piperidine rings is 1. The van der Waals surface area contributed by atoms with Crippen molar-refractivity contribution in [2.24, 2.45) is 5.92 Å². The smallest absolute Gasteiger partial charge is 0.0796 e. The van der Waals surface area contributed by atoms with Gasteiger partial charge in [-0.3, -0.25) is 0 Å². The van der Waals surface area contributed by atoms with Gasteiger partial charge in [0, 0.05) is 13.1 Å². The van der Waals surface area contributed by atoms with E-state index < -0.39 is 6.10 Å². The topological polar surface area (TPSA) is 47.3 Å². The van der Waals surface area contributed by atoms with E-state index in [1.54, 1.807) is 0 Å². The molecule has 1 fully saturated rings. The van der Waals surface area contributed by atoms with Crippen LogP contribution < -0.4 is 0 Å². The maximum Gasteiger partial charge on any atom is 0.0796 e. The van der Waals surface area contributed by atoms with Gasteiger partial charge in [0.2, 0.25) is 0 Å². The van der Waals surface area contributed by atoms with Gasteiger partial charge in [0.1, 0.15) is 0 Å². The third kappa shape index (κ3) is 3.75. The van der Waals surface area contributed by atoms with E-state index in [4.69, 9.17) is 5.26 Å². The summed E-state index contributed by atoms with van der Waals surface area (Å²) in [5.41, 5.74) is 0. The van der Waals surface area contributed by atoms with Crippen molar-refractivity contribution in [2.75, 3.05) is 19.6 Å². The lowest BCUT2D eigenvalue weighted by Gasteiger charge is -2.31. The lowest BCUT2D eigenvalue weighted by Crippen LogP contribution is -2.39. The third-order valence-corrected chi connectivity index (χ3v) is 2.54. The van der Waals surface area contributed by atoms with Gasteiger partial charge in [-0.25, -0.2) is 0 Å². The summed E-state index contributed by atoms with van der Waals surface area (Å²) in [6.45, 7) is 5.05. The summed E-state index contributed by atoms with van der Waals surface area (Å²) >= 11 is 0. The van der Waals surface area contributed by atoms with Crippen LogP contribution in [-0.4, -0.2) is 35.7 Å². The van der Waals surface area contributed by atoms with Crippen LogP contribution in [0.15, 0.2) is 0 Å². The van der Waals surface area contributed by atoms with Crippen molar-refractivity contribution in [1.29, 1.82) is 5.26 Å². The zero-order valence-corrected chi connectivity index (χ0v) is 8.24. The molecule has 0 amide bonds. The summed E-state index contributed by atoms with van der Waals surface area (Å²) in [7, 11) is 0. The van der Waals surface area contributed by atoms with Crippen LogP contribution >= 0.6 is 0 Å². The minimum Gasteiger partial charge on any atom is -0.391 e. The Hall–Kier alpha value is -0.590. The lowest BCUT2D eigenvalue weighted by molar-refractivity contribution is 0.0903.